The van der Waals surface area contributed by atoms with Crippen molar-refractivity contribution in [2.75, 3.05) is 14.2 Å². The SMILES string of the molecule is COc1ccc(CC(C)(N)c2ccccc2F)cc1OC. The van der Waals surface area contributed by atoms with E-state index in [9.17, 15) is 4.39 Å². The Labute approximate surface area is 124 Å². The minimum absolute atomic E-state index is 0.289. The van der Waals surface area contributed by atoms with Crippen LogP contribution >= 0.6 is 0 Å². The monoisotopic (exact) mass is 289 g/mol. The van der Waals surface area contributed by atoms with Crippen LogP contribution < -0.4 is 15.2 Å². The number of hydrogen-bond acceptors (Lipinski definition) is 3. The molecule has 1 atom stereocenters. The van der Waals surface area contributed by atoms with Gasteiger partial charge < -0.3 is 15.2 Å². The molecule has 0 fully saturated rings. The van der Waals surface area contributed by atoms with Gasteiger partial charge in [0.2, 0.25) is 0 Å². The first-order valence-electron chi connectivity index (χ1n) is 6.72. The lowest BCUT2D eigenvalue weighted by atomic mass is 9.86. The Bertz CT molecular complexity index is 626. The van der Waals surface area contributed by atoms with E-state index in [-0.39, 0.29) is 5.82 Å². The van der Waals surface area contributed by atoms with Gasteiger partial charge in [0.05, 0.1) is 14.2 Å². The zero-order valence-electron chi connectivity index (χ0n) is 12.5. The number of methoxy groups -OCH3 is 2. The Morgan fingerprint density at radius 1 is 1.05 bits per heavy atom. The Hall–Kier alpha value is -2.07. The van der Waals surface area contributed by atoms with Crippen molar-refractivity contribution in [3.8, 4) is 11.5 Å². The van der Waals surface area contributed by atoms with Gasteiger partial charge in [0.25, 0.3) is 0 Å². The molecule has 4 heteroatoms. The number of benzene rings is 2. The minimum atomic E-state index is -0.801. The van der Waals surface area contributed by atoms with Crippen LogP contribution in [0.5, 0.6) is 11.5 Å². The lowest BCUT2D eigenvalue weighted by Gasteiger charge is -2.26. The second kappa shape index (κ2) is 6.14. The fourth-order valence-corrected chi connectivity index (χ4v) is 2.43. The van der Waals surface area contributed by atoms with Gasteiger partial charge in [-0.3, -0.25) is 0 Å². The standard InChI is InChI=1S/C17H20FNO2/c1-17(19,13-6-4-5-7-14(13)18)11-12-8-9-15(20-2)16(10-12)21-3/h4-10H,11,19H2,1-3H3. The number of hydrogen-bond donors (Lipinski definition) is 1. The van der Waals surface area contributed by atoms with Gasteiger partial charge in [0.15, 0.2) is 11.5 Å². The molecule has 0 aliphatic rings. The van der Waals surface area contributed by atoms with Crippen LogP contribution in [-0.2, 0) is 12.0 Å². The van der Waals surface area contributed by atoms with Crippen LogP contribution in [0.25, 0.3) is 0 Å². The van der Waals surface area contributed by atoms with Gasteiger partial charge in [-0.25, -0.2) is 4.39 Å². The molecule has 0 saturated carbocycles. The maximum Gasteiger partial charge on any atom is 0.160 e. The van der Waals surface area contributed by atoms with Gasteiger partial charge in [0.1, 0.15) is 5.82 Å². The molecule has 2 aromatic rings. The summed E-state index contributed by atoms with van der Waals surface area (Å²) in [4.78, 5) is 0. The second-order valence-corrected chi connectivity index (χ2v) is 5.26. The summed E-state index contributed by atoms with van der Waals surface area (Å²) in [5.41, 5.74) is 6.98. The third-order valence-electron chi connectivity index (χ3n) is 3.51. The van der Waals surface area contributed by atoms with E-state index < -0.39 is 5.54 Å². The van der Waals surface area contributed by atoms with Gasteiger partial charge in [0, 0.05) is 11.1 Å². The second-order valence-electron chi connectivity index (χ2n) is 5.26. The first-order chi connectivity index (χ1) is 9.97. The molecule has 0 heterocycles. The van der Waals surface area contributed by atoms with E-state index in [1.807, 2.05) is 25.1 Å². The van der Waals surface area contributed by atoms with E-state index in [0.717, 1.165) is 5.56 Å². The fraction of sp³-hybridized carbons (Fsp3) is 0.294. The quantitative estimate of drug-likeness (QED) is 0.919. The van der Waals surface area contributed by atoms with Gasteiger partial charge >= 0.3 is 0 Å². The van der Waals surface area contributed by atoms with Gasteiger partial charge in [-0.1, -0.05) is 24.3 Å². The third-order valence-corrected chi connectivity index (χ3v) is 3.51. The third kappa shape index (κ3) is 3.34. The van der Waals surface area contributed by atoms with Crippen LogP contribution in [0.4, 0.5) is 4.39 Å². The van der Waals surface area contributed by atoms with Crippen molar-refractivity contribution in [3.05, 3.63) is 59.4 Å². The summed E-state index contributed by atoms with van der Waals surface area (Å²) in [6, 6.07) is 12.2. The van der Waals surface area contributed by atoms with E-state index in [0.29, 0.717) is 23.5 Å². The number of rotatable bonds is 5. The predicted octanol–water partition coefficient (Wildman–Crippen LogP) is 3.26. The average molecular weight is 289 g/mol. The van der Waals surface area contributed by atoms with E-state index >= 15 is 0 Å². The molecule has 2 N–H and O–H groups in total. The summed E-state index contributed by atoms with van der Waals surface area (Å²) in [7, 11) is 3.17. The van der Waals surface area contributed by atoms with E-state index in [2.05, 4.69) is 0 Å². The molecule has 0 spiro atoms. The molecular weight excluding hydrogens is 269 g/mol. The molecule has 0 aliphatic heterocycles. The highest BCUT2D eigenvalue weighted by Crippen LogP contribution is 2.31. The van der Waals surface area contributed by atoms with Crippen LogP contribution in [-0.4, -0.2) is 14.2 Å². The Kier molecular flexibility index (Phi) is 4.48. The van der Waals surface area contributed by atoms with Crippen LogP contribution in [0.15, 0.2) is 42.5 Å². The Morgan fingerprint density at radius 3 is 2.33 bits per heavy atom. The van der Waals surface area contributed by atoms with Crippen LogP contribution in [0.3, 0.4) is 0 Å². The highest BCUT2D eigenvalue weighted by Gasteiger charge is 2.25. The number of halogens is 1. The van der Waals surface area contributed by atoms with Gasteiger partial charge in [-0.2, -0.15) is 0 Å². The molecule has 0 radical (unpaired) electrons. The van der Waals surface area contributed by atoms with Crippen molar-refractivity contribution in [1.29, 1.82) is 0 Å². The summed E-state index contributed by atoms with van der Waals surface area (Å²) >= 11 is 0. The largest absolute Gasteiger partial charge is 0.493 e. The van der Waals surface area contributed by atoms with Crippen molar-refractivity contribution in [1.82, 2.24) is 0 Å². The maximum absolute atomic E-state index is 13.9. The zero-order chi connectivity index (χ0) is 15.5. The molecule has 0 bridgehead atoms. The minimum Gasteiger partial charge on any atom is -0.493 e. The molecule has 1 unspecified atom stereocenters. The van der Waals surface area contributed by atoms with Gasteiger partial charge in [-0.15, -0.1) is 0 Å². The molecule has 2 rings (SSSR count). The molecule has 0 saturated heterocycles. The van der Waals surface area contributed by atoms with Crippen molar-refractivity contribution in [3.63, 3.8) is 0 Å². The molecule has 0 aromatic heterocycles. The molecule has 112 valence electrons. The van der Waals surface area contributed by atoms with E-state index in [4.69, 9.17) is 15.2 Å². The van der Waals surface area contributed by atoms with Crippen molar-refractivity contribution < 1.29 is 13.9 Å². The van der Waals surface area contributed by atoms with E-state index in [1.54, 1.807) is 32.4 Å². The molecule has 0 amide bonds. The molecule has 2 aromatic carbocycles. The molecule has 0 aliphatic carbocycles. The number of nitrogens with two attached hydrogens (primary N) is 1. The van der Waals surface area contributed by atoms with Crippen molar-refractivity contribution >= 4 is 0 Å². The first-order valence-corrected chi connectivity index (χ1v) is 6.72. The smallest absolute Gasteiger partial charge is 0.160 e. The Balaban J connectivity index is 2.30. The summed E-state index contributed by atoms with van der Waals surface area (Å²) in [6.45, 7) is 1.82. The molecular formula is C17H20FNO2. The van der Waals surface area contributed by atoms with Crippen LogP contribution in [0.2, 0.25) is 0 Å². The summed E-state index contributed by atoms with van der Waals surface area (Å²) in [5, 5.41) is 0. The normalized spacial score (nSPS) is 13.6. The molecule has 21 heavy (non-hydrogen) atoms. The number of ether oxygens (including phenoxy) is 2. The van der Waals surface area contributed by atoms with Crippen molar-refractivity contribution in [2.24, 2.45) is 5.73 Å². The Morgan fingerprint density at radius 2 is 1.71 bits per heavy atom. The molecule has 3 nitrogen and oxygen atoms in total. The zero-order valence-corrected chi connectivity index (χ0v) is 12.5. The maximum atomic E-state index is 13.9. The average Bonchev–Trinajstić information content (AvgIpc) is 2.47. The highest BCUT2D eigenvalue weighted by atomic mass is 19.1. The summed E-state index contributed by atoms with van der Waals surface area (Å²) < 4.78 is 24.4. The predicted molar refractivity (Wildman–Crippen MR) is 81.2 cm³/mol. The highest BCUT2D eigenvalue weighted by molar-refractivity contribution is 5.43. The lowest BCUT2D eigenvalue weighted by molar-refractivity contribution is 0.354. The van der Waals surface area contributed by atoms with E-state index in [1.165, 1.54) is 6.07 Å². The van der Waals surface area contributed by atoms with Crippen molar-refractivity contribution in [2.45, 2.75) is 18.9 Å². The van der Waals surface area contributed by atoms with Crippen LogP contribution in [0, 0.1) is 5.82 Å². The topological polar surface area (TPSA) is 44.5 Å². The summed E-state index contributed by atoms with van der Waals surface area (Å²) in [6.07, 6.45) is 0.494. The fourth-order valence-electron chi connectivity index (χ4n) is 2.43. The van der Waals surface area contributed by atoms with Gasteiger partial charge in [-0.05, 0) is 37.1 Å². The first kappa shape index (κ1) is 15.3. The van der Waals surface area contributed by atoms with Crippen LogP contribution in [0.1, 0.15) is 18.1 Å². The lowest BCUT2D eigenvalue weighted by Crippen LogP contribution is -2.36. The summed E-state index contributed by atoms with van der Waals surface area (Å²) in [5.74, 6) is 1.01.